The summed E-state index contributed by atoms with van der Waals surface area (Å²) < 4.78 is 16.9. The fourth-order valence-electron chi connectivity index (χ4n) is 3.82. The first-order chi connectivity index (χ1) is 16.1. The average Bonchev–Trinajstić information content (AvgIpc) is 3.60. The van der Waals surface area contributed by atoms with Crippen molar-refractivity contribution in [1.82, 2.24) is 20.4 Å². The lowest BCUT2D eigenvalue weighted by atomic mass is 9.94. The quantitative estimate of drug-likeness (QED) is 0.341. The van der Waals surface area contributed by atoms with Crippen molar-refractivity contribution in [1.29, 1.82) is 0 Å². The minimum Gasteiger partial charge on any atom is -0.494 e. The molecular formula is C24H22N4O3S2. The summed E-state index contributed by atoms with van der Waals surface area (Å²) in [6.07, 6.45) is 1.66. The van der Waals surface area contributed by atoms with Gasteiger partial charge in [0.15, 0.2) is 5.11 Å². The standard InChI is InChI=1S/C24H22N4O3S2/c1-3-29-17-10-8-16(9-11-17)21-20(23-26-22(27-31-23)19-7-5-13-33-19)15(2)28(24(32)25-21)14-18-6-4-12-30-18/h4-13,21H,3,14H2,1-2H3,(H,25,32). The Bertz CT molecular complexity index is 1260. The fourth-order valence-corrected chi connectivity index (χ4v) is 4.79. The summed E-state index contributed by atoms with van der Waals surface area (Å²) in [6.45, 7) is 5.09. The van der Waals surface area contributed by atoms with Crippen LogP contribution in [-0.2, 0) is 6.54 Å². The van der Waals surface area contributed by atoms with Gasteiger partial charge in [0.25, 0.3) is 5.89 Å². The first kappa shape index (κ1) is 21.4. The number of furan rings is 1. The zero-order valence-electron chi connectivity index (χ0n) is 18.1. The van der Waals surface area contributed by atoms with E-state index < -0.39 is 0 Å². The summed E-state index contributed by atoms with van der Waals surface area (Å²) in [4.78, 5) is 7.66. The Morgan fingerprint density at radius 2 is 2.03 bits per heavy atom. The minimum absolute atomic E-state index is 0.252. The molecule has 4 aromatic rings. The third-order valence-electron chi connectivity index (χ3n) is 5.41. The van der Waals surface area contributed by atoms with E-state index in [0.29, 0.717) is 30.0 Å². The molecule has 0 spiro atoms. The van der Waals surface area contributed by atoms with Gasteiger partial charge in [-0.05, 0) is 67.3 Å². The molecule has 1 aromatic carbocycles. The highest BCUT2D eigenvalue weighted by Crippen LogP contribution is 2.38. The lowest BCUT2D eigenvalue weighted by Gasteiger charge is -2.37. The number of aromatic nitrogens is 2. The highest BCUT2D eigenvalue weighted by molar-refractivity contribution is 7.80. The molecule has 1 atom stereocenters. The van der Waals surface area contributed by atoms with E-state index in [1.54, 1.807) is 17.6 Å². The lowest BCUT2D eigenvalue weighted by Crippen LogP contribution is -2.45. The van der Waals surface area contributed by atoms with E-state index in [0.717, 1.165) is 33.2 Å². The van der Waals surface area contributed by atoms with Crippen LogP contribution in [0.2, 0.25) is 0 Å². The van der Waals surface area contributed by atoms with Crippen molar-refractivity contribution >= 4 is 34.2 Å². The van der Waals surface area contributed by atoms with Gasteiger partial charge in [-0.1, -0.05) is 23.4 Å². The number of hydrogen-bond acceptors (Lipinski definition) is 7. The van der Waals surface area contributed by atoms with E-state index in [1.807, 2.05) is 72.7 Å². The molecule has 1 aliphatic rings. The zero-order valence-corrected chi connectivity index (χ0v) is 19.8. The van der Waals surface area contributed by atoms with Gasteiger partial charge in [-0.3, -0.25) is 0 Å². The maximum atomic E-state index is 5.76. The molecule has 7 nitrogen and oxygen atoms in total. The van der Waals surface area contributed by atoms with Gasteiger partial charge in [-0.2, -0.15) is 4.98 Å². The van der Waals surface area contributed by atoms with Gasteiger partial charge in [-0.15, -0.1) is 11.3 Å². The predicted molar refractivity (Wildman–Crippen MR) is 131 cm³/mol. The van der Waals surface area contributed by atoms with Crippen LogP contribution in [0, 0.1) is 0 Å². The largest absolute Gasteiger partial charge is 0.494 e. The number of thiophene rings is 1. The van der Waals surface area contributed by atoms with E-state index in [9.17, 15) is 0 Å². The smallest absolute Gasteiger partial charge is 0.258 e. The Balaban J connectivity index is 1.57. The molecule has 0 aliphatic carbocycles. The second kappa shape index (κ2) is 9.21. The summed E-state index contributed by atoms with van der Waals surface area (Å²) in [5.74, 6) is 2.65. The van der Waals surface area contributed by atoms with Crippen molar-refractivity contribution in [2.24, 2.45) is 0 Å². The second-order valence-electron chi connectivity index (χ2n) is 7.45. The van der Waals surface area contributed by atoms with Crippen molar-refractivity contribution in [3.05, 3.63) is 83.1 Å². The summed E-state index contributed by atoms with van der Waals surface area (Å²) in [5, 5.41) is 10.3. The van der Waals surface area contributed by atoms with Crippen molar-refractivity contribution in [3.8, 4) is 16.5 Å². The van der Waals surface area contributed by atoms with E-state index in [-0.39, 0.29) is 6.04 Å². The highest BCUT2D eigenvalue weighted by atomic mass is 32.1. The van der Waals surface area contributed by atoms with Gasteiger partial charge in [0.1, 0.15) is 11.5 Å². The monoisotopic (exact) mass is 478 g/mol. The lowest BCUT2D eigenvalue weighted by molar-refractivity contribution is 0.340. The van der Waals surface area contributed by atoms with Gasteiger partial charge in [-0.25, -0.2) is 0 Å². The van der Waals surface area contributed by atoms with Gasteiger partial charge in [0.2, 0.25) is 5.82 Å². The van der Waals surface area contributed by atoms with Crippen LogP contribution in [0.3, 0.4) is 0 Å². The number of nitrogens with one attached hydrogen (secondary N) is 1. The summed E-state index contributed by atoms with van der Waals surface area (Å²) >= 11 is 7.31. The van der Waals surface area contributed by atoms with E-state index in [2.05, 4.69) is 10.5 Å². The van der Waals surface area contributed by atoms with Gasteiger partial charge in [0, 0.05) is 5.70 Å². The van der Waals surface area contributed by atoms with E-state index in [4.69, 9.17) is 30.9 Å². The Morgan fingerprint density at radius 3 is 2.73 bits per heavy atom. The molecule has 0 radical (unpaired) electrons. The molecule has 0 fully saturated rings. The van der Waals surface area contributed by atoms with Crippen LogP contribution in [0.25, 0.3) is 16.3 Å². The van der Waals surface area contributed by atoms with E-state index >= 15 is 0 Å². The Kier molecular flexibility index (Phi) is 5.97. The zero-order chi connectivity index (χ0) is 22.8. The highest BCUT2D eigenvalue weighted by Gasteiger charge is 2.34. The normalized spacial score (nSPS) is 16.2. The number of allylic oxidation sites excluding steroid dienone is 1. The molecular weight excluding hydrogens is 456 g/mol. The molecule has 0 bridgehead atoms. The maximum absolute atomic E-state index is 5.76. The summed E-state index contributed by atoms with van der Waals surface area (Å²) in [5.41, 5.74) is 2.81. The molecule has 1 aliphatic heterocycles. The number of benzene rings is 1. The van der Waals surface area contributed by atoms with Crippen LogP contribution in [0.5, 0.6) is 5.75 Å². The minimum atomic E-state index is -0.252. The second-order valence-corrected chi connectivity index (χ2v) is 8.78. The number of rotatable bonds is 7. The SMILES string of the molecule is CCOc1ccc(C2NC(=S)N(Cc3ccco3)C(C)=C2c2nc(-c3cccs3)no2)cc1. The Hall–Kier alpha value is -3.43. The predicted octanol–water partition coefficient (Wildman–Crippen LogP) is 5.65. The number of thiocarbonyl (C=S) groups is 1. The van der Waals surface area contributed by atoms with Gasteiger partial charge >= 0.3 is 0 Å². The third-order valence-corrected chi connectivity index (χ3v) is 6.62. The summed E-state index contributed by atoms with van der Waals surface area (Å²) in [6, 6.07) is 15.4. The van der Waals surface area contributed by atoms with E-state index in [1.165, 1.54) is 0 Å². The first-order valence-corrected chi connectivity index (χ1v) is 11.8. The Morgan fingerprint density at radius 1 is 1.18 bits per heavy atom. The fraction of sp³-hybridized carbons (Fsp3) is 0.208. The topological polar surface area (TPSA) is 76.6 Å². The van der Waals surface area contributed by atoms with Crippen LogP contribution in [-0.4, -0.2) is 26.8 Å². The maximum Gasteiger partial charge on any atom is 0.258 e. The molecule has 9 heteroatoms. The average molecular weight is 479 g/mol. The molecule has 1 unspecified atom stereocenters. The van der Waals surface area contributed by atoms with Crippen LogP contribution in [0.15, 0.2) is 74.8 Å². The van der Waals surface area contributed by atoms with Crippen molar-refractivity contribution < 1.29 is 13.7 Å². The van der Waals surface area contributed by atoms with Crippen LogP contribution < -0.4 is 10.1 Å². The summed E-state index contributed by atoms with van der Waals surface area (Å²) in [7, 11) is 0. The number of ether oxygens (including phenoxy) is 1. The molecule has 33 heavy (non-hydrogen) atoms. The van der Waals surface area contributed by atoms with Crippen molar-refractivity contribution in [2.75, 3.05) is 6.61 Å². The Labute approximate surface area is 200 Å². The molecule has 4 heterocycles. The number of hydrogen-bond donors (Lipinski definition) is 1. The molecule has 1 N–H and O–H groups in total. The molecule has 0 saturated heterocycles. The van der Waals surface area contributed by atoms with Gasteiger partial charge in [0.05, 0.1) is 35.9 Å². The molecule has 0 amide bonds. The van der Waals surface area contributed by atoms with Crippen molar-refractivity contribution in [3.63, 3.8) is 0 Å². The molecule has 168 valence electrons. The van der Waals surface area contributed by atoms with Crippen molar-refractivity contribution in [2.45, 2.75) is 26.4 Å². The number of nitrogens with zero attached hydrogens (tertiary/aromatic N) is 3. The molecule has 5 rings (SSSR count). The van der Waals surface area contributed by atoms with Gasteiger partial charge < -0.3 is 23.9 Å². The molecule has 0 saturated carbocycles. The third kappa shape index (κ3) is 4.29. The first-order valence-electron chi connectivity index (χ1n) is 10.6. The van der Waals surface area contributed by atoms with Crippen LogP contribution in [0.4, 0.5) is 0 Å². The van der Waals surface area contributed by atoms with Crippen LogP contribution in [0.1, 0.15) is 37.1 Å². The molecule has 3 aromatic heterocycles. The van der Waals surface area contributed by atoms with Crippen LogP contribution >= 0.6 is 23.6 Å².